The van der Waals surface area contributed by atoms with Crippen molar-refractivity contribution in [3.05, 3.63) is 52.8 Å². The summed E-state index contributed by atoms with van der Waals surface area (Å²) >= 11 is 0. The van der Waals surface area contributed by atoms with Crippen molar-refractivity contribution in [2.75, 3.05) is 25.4 Å². The summed E-state index contributed by atoms with van der Waals surface area (Å²) in [6, 6.07) is 5.44. The maximum Gasteiger partial charge on any atom is 0.273 e. The fraction of sp³-hybridized carbons (Fsp3) is 0.286. The van der Waals surface area contributed by atoms with Crippen LogP contribution in [0.3, 0.4) is 0 Å². The molecule has 1 amide bonds. The maximum absolute atomic E-state index is 13.2. The molecule has 0 fully saturated rings. The van der Waals surface area contributed by atoms with Gasteiger partial charge < -0.3 is 15.7 Å². The van der Waals surface area contributed by atoms with Crippen molar-refractivity contribution in [1.29, 1.82) is 0 Å². The highest BCUT2D eigenvalue weighted by atomic mass is 16.2. The monoisotopic (exact) mass is 360 g/mol. The summed E-state index contributed by atoms with van der Waals surface area (Å²) in [7, 11) is 0. The number of hydrogen-bond acceptors (Lipinski definition) is 5. The number of benzene rings is 1. The van der Waals surface area contributed by atoms with Crippen molar-refractivity contribution in [1.82, 2.24) is 14.9 Å². The fourth-order valence-corrected chi connectivity index (χ4v) is 3.50. The molecule has 0 unspecified atom stereocenters. The lowest BCUT2D eigenvalue weighted by molar-refractivity contribution is 0.0792. The van der Waals surface area contributed by atoms with Gasteiger partial charge in [0.15, 0.2) is 0 Å². The van der Waals surface area contributed by atoms with E-state index < -0.39 is 0 Å². The topological polar surface area (TPSA) is 92.3 Å². The zero-order valence-corrected chi connectivity index (χ0v) is 14.9. The normalized spacial score (nSPS) is 15.7. The van der Waals surface area contributed by atoms with Gasteiger partial charge in [-0.25, -0.2) is 9.97 Å². The molecular formula is C21H20N4O2. The molecule has 2 heterocycles. The van der Waals surface area contributed by atoms with Crippen LogP contribution in [0.2, 0.25) is 0 Å². The Bertz CT molecular complexity index is 1040. The lowest BCUT2D eigenvalue weighted by Gasteiger charge is -2.17. The molecule has 4 rings (SSSR count). The van der Waals surface area contributed by atoms with Crippen LogP contribution in [-0.4, -0.2) is 45.6 Å². The van der Waals surface area contributed by atoms with E-state index in [0.29, 0.717) is 36.1 Å². The van der Waals surface area contributed by atoms with Gasteiger partial charge >= 0.3 is 0 Å². The Hall–Kier alpha value is -3.17. The van der Waals surface area contributed by atoms with Crippen LogP contribution in [-0.2, 0) is 0 Å². The van der Waals surface area contributed by atoms with E-state index in [1.807, 2.05) is 17.0 Å². The molecule has 1 aliphatic carbocycles. The molecule has 1 aromatic carbocycles. The molecule has 27 heavy (non-hydrogen) atoms. The first-order chi connectivity index (χ1) is 13.2. The highest BCUT2D eigenvalue weighted by Crippen LogP contribution is 2.28. The number of amides is 1. The first-order valence-corrected chi connectivity index (χ1v) is 8.99. The van der Waals surface area contributed by atoms with E-state index in [0.717, 1.165) is 18.4 Å². The highest BCUT2D eigenvalue weighted by molar-refractivity contribution is 6.05. The number of fused-ring (bicyclic) bond motifs is 1. The van der Waals surface area contributed by atoms with Crippen molar-refractivity contribution in [3.63, 3.8) is 0 Å². The number of nitrogens with two attached hydrogens (primary N) is 1. The van der Waals surface area contributed by atoms with Crippen molar-refractivity contribution < 1.29 is 9.90 Å². The zero-order chi connectivity index (χ0) is 18.8. The van der Waals surface area contributed by atoms with Gasteiger partial charge in [-0.3, -0.25) is 4.79 Å². The minimum atomic E-state index is -0.141. The van der Waals surface area contributed by atoms with E-state index >= 15 is 0 Å². The third-order valence-corrected chi connectivity index (χ3v) is 4.80. The fourth-order valence-electron chi connectivity index (χ4n) is 3.50. The second-order valence-corrected chi connectivity index (χ2v) is 6.67. The molecule has 136 valence electrons. The van der Waals surface area contributed by atoms with E-state index in [9.17, 15) is 4.79 Å². The van der Waals surface area contributed by atoms with Gasteiger partial charge in [0.1, 0.15) is 5.69 Å². The van der Waals surface area contributed by atoms with Crippen LogP contribution in [0.4, 0.5) is 5.95 Å². The predicted octanol–water partition coefficient (Wildman–Crippen LogP) is 2.05. The van der Waals surface area contributed by atoms with Crippen LogP contribution in [0.5, 0.6) is 0 Å². The van der Waals surface area contributed by atoms with Crippen molar-refractivity contribution in [2.45, 2.75) is 19.3 Å². The molecule has 2 aromatic rings. The molecule has 6 heteroatoms. The van der Waals surface area contributed by atoms with Crippen LogP contribution in [0.15, 0.2) is 41.5 Å². The Kier molecular flexibility index (Phi) is 4.61. The number of carbonyl (C=O) groups is 1. The number of aromatic nitrogens is 2. The van der Waals surface area contributed by atoms with E-state index in [-0.39, 0.29) is 18.5 Å². The van der Waals surface area contributed by atoms with Gasteiger partial charge in [0.25, 0.3) is 5.91 Å². The Morgan fingerprint density at radius 2 is 2.19 bits per heavy atom. The summed E-state index contributed by atoms with van der Waals surface area (Å²) in [4.78, 5) is 23.5. The number of anilines is 1. The molecule has 0 spiro atoms. The maximum atomic E-state index is 13.2. The molecule has 0 saturated heterocycles. The number of allylic oxidation sites excluding steroid dienone is 1. The van der Waals surface area contributed by atoms with Gasteiger partial charge in [0.05, 0.1) is 12.1 Å². The number of rotatable bonds is 2. The Morgan fingerprint density at radius 3 is 3.00 bits per heavy atom. The van der Waals surface area contributed by atoms with Crippen molar-refractivity contribution in [3.8, 4) is 11.8 Å². The summed E-state index contributed by atoms with van der Waals surface area (Å²) in [5, 5.41) is 9.52. The van der Waals surface area contributed by atoms with E-state index in [4.69, 9.17) is 10.8 Å². The van der Waals surface area contributed by atoms with E-state index in [1.54, 1.807) is 6.07 Å². The Labute approximate surface area is 157 Å². The molecule has 3 N–H and O–H groups in total. The second kappa shape index (κ2) is 7.22. The third kappa shape index (κ3) is 3.42. The van der Waals surface area contributed by atoms with Crippen LogP contribution in [0.25, 0.3) is 10.9 Å². The minimum absolute atomic E-state index is 0.0189. The summed E-state index contributed by atoms with van der Waals surface area (Å²) in [6.45, 7) is 1.26. The van der Waals surface area contributed by atoms with Gasteiger partial charge in [-0.1, -0.05) is 24.0 Å². The number of nitrogens with zero attached hydrogens (tertiary/aromatic N) is 3. The van der Waals surface area contributed by atoms with Gasteiger partial charge in [-0.15, -0.1) is 0 Å². The standard InChI is InChI=1S/C21H20N4O2/c22-21-23-18-9-8-14(5-3-4-10-26)11-17(18)19(24-21)20(27)25-12-15-6-1-2-7-16(15)13-25/h1,6,8-9,11,26H,2,4,7,10,12-13H2,(H2,22,23,24). The highest BCUT2D eigenvalue weighted by Gasteiger charge is 2.28. The SMILES string of the molecule is Nc1nc(C(=O)N2CC3=C(CCC=C3)C2)c2cc(C#CCCO)ccc2n1. The first-order valence-electron chi connectivity index (χ1n) is 8.99. The van der Waals surface area contributed by atoms with Crippen LogP contribution >= 0.6 is 0 Å². The van der Waals surface area contributed by atoms with Crippen LogP contribution < -0.4 is 5.73 Å². The molecule has 0 atom stereocenters. The van der Waals surface area contributed by atoms with Crippen molar-refractivity contribution >= 4 is 22.8 Å². The molecule has 1 aromatic heterocycles. The summed E-state index contributed by atoms with van der Waals surface area (Å²) in [5.74, 6) is 5.82. The third-order valence-electron chi connectivity index (χ3n) is 4.80. The quantitative estimate of drug-likeness (QED) is 0.800. The molecule has 0 radical (unpaired) electrons. The molecular weight excluding hydrogens is 340 g/mol. The van der Waals surface area contributed by atoms with Crippen LogP contribution in [0.1, 0.15) is 35.3 Å². The number of carbonyl (C=O) groups excluding carboxylic acids is 1. The number of aliphatic hydroxyl groups excluding tert-OH is 1. The summed E-state index contributed by atoms with van der Waals surface area (Å²) in [5.41, 5.74) is 10.1. The first kappa shape index (κ1) is 17.3. The van der Waals surface area contributed by atoms with Gasteiger partial charge in [-0.05, 0) is 42.2 Å². The molecule has 6 nitrogen and oxygen atoms in total. The molecule has 0 saturated carbocycles. The lowest BCUT2D eigenvalue weighted by atomic mass is 10.0. The minimum Gasteiger partial charge on any atom is -0.395 e. The molecule has 0 bridgehead atoms. The smallest absolute Gasteiger partial charge is 0.273 e. The van der Waals surface area contributed by atoms with Crippen LogP contribution in [0, 0.1) is 11.8 Å². The average molecular weight is 360 g/mol. The summed E-state index contributed by atoms with van der Waals surface area (Å²) < 4.78 is 0. The number of hydrogen-bond donors (Lipinski definition) is 2. The Morgan fingerprint density at radius 1 is 1.30 bits per heavy atom. The Balaban J connectivity index is 1.70. The average Bonchev–Trinajstić information content (AvgIpc) is 3.11. The van der Waals surface area contributed by atoms with Crippen molar-refractivity contribution in [2.24, 2.45) is 0 Å². The van der Waals surface area contributed by atoms with E-state index in [1.165, 1.54) is 11.1 Å². The van der Waals surface area contributed by atoms with Gasteiger partial charge in [-0.2, -0.15) is 0 Å². The number of nitrogen functional groups attached to an aromatic ring is 1. The predicted molar refractivity (Wildman–Crippen MR) is 104 cm³/mol. The van der Waals surface area contributed by atoms with Gasteiger partial charge in [0, 0.05) is 30.5 Å². The molecule has 1 aliphatic heterocycles. The second-order valence-electron chi connectivity index (χ2n) is 6.67. The van der Waals surface area contributed by atoms with E-state index in [2.05, 4.69) is 34.0 Å². The summed E-state index contributed by atoms with van der Waals surface area (Å²) in [6.07, 6.45) is 6.71. The molecule has 2 aliphatic rings. The largest absolute Gasteiger partial charge is 0.395 e. The lowest BCUT2D eigenvalue weighted by Crippen LogP contribution is -2.30. The zero-order valence-electron chi connectivity index (χ0n) is 14.9. The van der Waals surface area contributed by atoms with Gasteiger partial charge in [0.2, 0.25) is 5.95 Å². The number of aliphatic hydroxyl groups is 1.